The van der Waals surface area contributed by atoms with Gasteiger partial charge in [-0.15, -0.1) is 0 Å². The average molecular weight is 202 g/mol. The van der Waals surface area contributed by atoms with Crippen molar-refractivity contribution in [2.75, 3.05) is 0 Å². The van der Waals surface area contributed by atoms with E-state index in [0.29, 0.717) is 0 Å². The van der Waals surface area contributed by atoms with E-state index in [-0.39, 0.29) is 0 Å². The van der Waals surface area contributed by atoms with Crippen LogP contribution in [0.5, 0.6) is 0 Å². The summed E-state index contributed by atoms with van der Waals surface area (Å²) < 4.78 is 5.86. The Bertz CT molecular complexity index is 331. The molecule has 1 nitrogen and oxygen atoms in total. The third kappa shape index (κ3) is 2.85. The Morgan fingerprint density at radius 3 is 1.53 bits per heavy atom. The van der Waals surface area contributed by atoms with Crippen molar-refractivity contribution in [1.29, 1.82) is 0 Å². The van der Waals surface area contributed by atoms with E-state index < -0.39 is 0 Å². The van der Waals surface area contributed by atoms with Crippen molar-refractivity contribution in [3.8, 4) is 0 Å². The Morgan fingerprint density at radius 1 is 0.733 bits per heavy atom. The summed E-state index contributed by atoms with van der Waals surface area (Å²) in [5.74, 6) is 2.22. The Hall–Kier alpha value is -1.24. The number of rotatable bonds is 2. The highest BCUT2D eigenvalue weighted by Crippen LogP contribution is 2.25. The van der Waals surface area contributed by atoms with E-state index in [0.717, 1.165) is 37.2 Å². The van der Waals surface area contributed by atoms with Gasteiger partial charge in [0.15, 0.2) is 0 Å². The van der Waals surface area contributed by atoms with Crippen molar-refractivity contribution in [3.05, 3.63) is 47.0 Å². The minimum absolute atomic E-state index is 1.04. The summed E-state index contributed by atoms with van der Waals surface area (Å²) in [7, 11) is 0. The molecule has 0 unspecified atom stereocenters. The van der Waals surface area contributed by atoms with Crippen molar-refractivity contribution < 1.29 is 4.74 Å². The second-order valence-corrected chi connectivity index (χ2v) is 4.39. The molecule has 0 saturated heterocycles. The summed E-state index contributed by atoms with van der Waals surface area (Å²) in [6.07, 6.45) is 12.9. The third-order valence-corrected chi connectivity index (χ3v) is 2.90. The standard InChI is InChI=1S/C14H18O/c1-11-3-7-13(8-4-11)15-14-9-5-12(2)6-10-14/h3,5,7,9H,4,6,8,10H2,1-2H3. The van der Waals surface area contributed by atoms with E-state index in [1.165, 1.54) is 11.1 Å². The van der Waals surface area contributed by atoms with Crippen LogP contribution in [0, 0.1) is 0 Å². The smallest absolute Gasteiger partial charge is 0.104 e. The average Bonchev–Trinajstić information content (AvgIpc) is 2.25. The SMILES string of the molecule is CC1=CC=C(OC2=CC=C(C)CC2)CC1. The van der Waals surface area contributed by atoms with Crippen molar-refractivity contribution in [2.45, 2.75) is 39.5 Å². The maximum absolute atomic E-state index is 5.86. The van der Waals surface area contributed by atoms with Crippen LogP contribution in [-0.4, -0.2) is 0 Å². The molecule has 2 aliphatic rings. The normalized spacial score (nSPS) is 21.2. The monoisotopic (exact) mass is 202 g/mol. The number of hydrogen-bond donors (Lipinski definition) is 0. The lowest BCUT2D eigenvalue weighted by Crippen LogP contribution is -2.00. The van der Waals surface area contributed by atoms with Crippen LogP contribution in [0.25, 0.3) is 0 Å². The van der Waals surface area contributed by atoms with Gasteiger partial charge in [-0.25, -0.2) is 0 Å². The summed E-state index contributed by atoms with van der Waals surface area (Å²) in [6, 6.07) is 0. The van der Waals surface area contributed by atoms with E-state index in [9.17, 15) is 0 Å². The van der Waals surface area contributed by atoms with Crippen LogP contribution in [0.3, 0.4) is 0 Å². The second-order valence-electron chi connectivity index (χ2n) is 4.39. The molecular formula is C14H18O. The van der Waals surface area contributed by atoms with Crippen molar-refractivity contribution >= 4 is 0 Å². The van der Waals surface area contributed by atoms with Gasteiger partial charge in [0.2, 0.25) is 0 Å². The van der Waals surface area contributed by atoms with Crippen LogP contribution in [0.2, 0.25) is 0 Å². The molecule has 0 spiro atoms. The fourth-order valence-electron chi connectivity index (χ4n) is 1.78. The van der Waals surface area contributed by atoms with Crippen molar-refractivity contribution in [2.24, 2.45) is 0 Å². The van der Waals surface area contributed by atoms with Crippen LogP contribution in [-0.2, 0) is 4.74 Å². The molecule has 0 radical (unpaired) electrons. The van der Waals surface area contributed by atoms with Crippen molar-refractivity contribution in [3.63, 3.8) is 0 Å². The topological polar surface area (TPSA) is 9.23 Å². The molecule has 15 heavy (non-hydrogen) atoms. The summed E-state index contributed by atoms with van der Waals surface area (Å²) in [5.41, 5.74) is 2.88. The number of ether oxygens (including phenoxy) is 1. The van der Waals surface area contributed by atoms with Crippen LogP contribution >= 0.6 is 0 Å². The molecule has 2 aliphatic carbocycles. The summed E-state index contributed by atoms with van der Waals surface area (Å²) >= 11 is 0. The minimum Gasteiger partial charge on any atom is -0.466 e. The van der Waals surface area contributed by atoms with Gasteiger partial charge in [-0.2, -0.15) is 0 Å². The second kappa shape index (κ2) is 4.52. The van der Waals surface area contributed by atoms with Crippen LogP contribution in [0.4, 0.5) is 0 Å². The number of allylic oxidation sites excluding steroid dienone is 8. The third-order valence-electron chi connectivity index (χ3n) is 2.90. The van der Waals surface area contributed by atoms with Gasteiger partial charge in [0, 0.05) is 12.8 Å². The van der Waals surface area contributed by atoms with Crippen molar-refractivity contribution in [1.82, 2.24) is 0 Å². The molecule has 0 aliphatic heterocycles. The Balaban J connectivity index is 1.98. The summed E-state index contributed by atoms with van der Waals surface area (Å²) in [4.78, 5) is 0. The Morgan fingerprint density at radius 2 is 1.20 bits per heavy atom. The van der Waals surface area contributed by atoms with E-state index >= 15 is 0 Å². The fraction of sp³-hybridized carbons (Fsp3) is 0.429. The molecule has 0 amide bonds. The molecule has 0 saturated carbocycles. The van der Waals surface area contributed by atoms with Crippen LogP contribution in [0.15, 0.2) is 47.0 Å². The van der Waals surface area contributed by atoms with E-state index in [4.69, 9.17) is 4.74 Å². The lowest BCUT2D eigenvalue weighted by molar-refractivity contribution is 0.274. The first-order chi connectivity index (χ1) is 7.24. The lowest BCUT2D eigenvalue weighted by Gasteiger charge is -2.17. The van der Waals surface area contributed by atoms with Gasteiger partial charge in [-0.3, -0.25) is 0 Å². The zero-order valence-corrected chi connectivity index (χ0v) is 9.55. The molecule has 0 fully saturated rings. The lowest BCUT2D eigenvalue weighted by atomic mass is 10.0. The van der Waals surface area contributed by atoms with Gasteiger partial charge in [-0.05, 0) is 38.8 Å². The Kier molecular flexibility index (Phi) is 3.10. The fourth-order valence-corrected chi connectivity index (χ4v) is 1.78. The van der Waals surface area contributed by atoms with E-state index in [2.05, 4.69) is 38.2 Å². The first kappa shape index (κ1) is 10.3. The predicted molar refractivity (Wildman–Crippen MR) is 63.2 cm³/mol. The largest absolute Gasteiger partial charge is 0.466 e. The molecule has 0 aromatic carbocycles. The molecule has 0 heterocycles. The maximum atomic E-state index is 5.86. The molecule has 0 atom stereocenters. The minimum atomic E-state index is 1.04. The summed E-state index contributed by atoms with van der Waals surface area (Å²) in [6.45, 7) is 4.33. The highest BCUT2D eigenvalue weighted by atomic mass is 16.5. The van der Waals surface area contributed by atoms with Gasteiger partial charge in [0.25, 0.3) is 0 Å². The highest BCUT2D eigenvalue weighted by Gasteiger charge is 2.09. The zero-order valence-electron chi connectivity index (χ0n) is 9.55. The molecule has 0 aromatic rings. The molecule has 1 heteroatoms. The molecule has 80 valence electrons. The molecule has 0 aromatic heterocycles. The number of hydrogen-bond acceptors (Lipinski definition) is 1. The molecule has 0 N–H and O–H groups in total. The van der Waals surface area contributed by atoms with Gasteiger partial charge in [-0.1, -0.05) is 23.3 Å². The first-order valence-corrected chi connectivity index (χ1v) is 5.64. The van der Waals surface area contributed by atoms with Gasteiger partial charge in [0.1, 0.15) is 11.5 Å². The van der Waals surface area contributed by atoms with Crippen LogP contribution in [0.1, 0.15) is 39.5 Å². The van der Waals surface area contributed by atoms with Gasteiger partial charge < -0.3 is 4.74 Å². The zero-order chi connectivity index (χ0) is 10.7. The highest BCUT2D eigenvalue weighted by molar-refractivity contribution is 5.24. The molecule has 0 bridgehead atoms. The van der Waals surface area contributed by atoms with E-state index in [1.54, 1.807) is 0 Å². The summed E-state index contributed by atoms with van der Waals surface area (Å²) in [5, 5.41) is 0. The molecular weight excluding hydrogens is 184 g/mol. The quantitative estimate of drug-likeness (QED) is 0.650. The van der Waals surface area contributed by atoms with Crippen LogP contribution < -0.4 is 0 Å². The van der Waals surface area contributed by atoms with Gasteiger partial charge in [0.05, 0.1) is 0 Å². The molecule has 2 rings (SSSR count). The first-order valence-electron chi connectivity index (χ1n) is 5.64. The van der Waals surface area contributed by atoms with E-state index in [1.807, 2.05) is 0 Å². The Labute approximate surface area is 91.8 Å². The van der Waals surface area contributed by atoms with Gasteiger partial charge >= 0.3 is 0 Å². The maximum Gasteiger partial charge on any atom is 0.104 e. The predicted octanol–water partition coefficient (Wildman–Crippen LogP) is 4.25.